The molecule has 2 aliphatic heterocycles. The van der Waals surface area contributed by atoms with E-state index in [1.54, 1.807) is 5.57 Å². The first-order valence-electron chi connectivity index (χ1n) is 11.6. The van der Waals surface area contributed by atoms with Gasteiger partial charge in [-0.2, -0.15) is 0 Å². The summed E-state index contributed by atoms with van der Waals surface area (Å²) < 4.78 is 13.0. The van der Waals surface area contributed by atoms with E-state index >= 15 is 0 Å². The topological polar surface area (TPSA) is 38.7 Å². The Bertz CT molecular complexity index is 667. The van der Waals surface area contributed by atoms with Gasteiger partial charge in [0.1, 0.15) is 0 Å². The van der Waals surface area contributed by atoms with Crippen LogP contribution in [0.4, 0.5) is 0 Å². The highest BCUT2D eigenvalue weighted by Crippen LogP contribution is 2.68. The van der Waals surface area contributed by atoms with Crippen molar-refractivity contribution in [2.24, 2.45) is 29.1 Å². The minimum atomic E-state index is -0.401. The van der Waals surface area contributed by atoms with E-state index in [0.29, 0.717) is 27.8 Å². The van der Waals surface area contributed by atoms with E-state index < -0.39 is 5.79 Å². The molecule has 0 amide bonds. The van der Waals surface area contributed by atoms with Gasteiger partial charge in [0.2, 0.25) is 0 Å². The predicted molar refractivity (Wildman–Crippen MR) is 115 cm³/mol. The Balaban J connectivity index is 1.33. The lowest BCUT2D eigenvalue weighted by Gasteiger charge is -2.58. The van der Waals surface area contributed by atoms with Crippen molar-refractivity contribution in [2.75, 3.05) is 24.7 Å². The molecule has 6 rings (SSSR count). The van der Waals surface area contributed by atoms with E-state index in [-0.39, 0.29) is 11.5 Å². The number of thioether (sulfide) groups is 2. The fourth-order valence-electron chi connectivity index (χ4n) is 8.40. The van der Waals surface area contributed by atoms with Crippen molar-refractivity contribution in [2.45, 2.75) is 74.3 Å². The van der Waals surface area contributed by atoms with Crippen molar-refractivity contribution in [3.8, 4) is 0 Å². The first-order chi connectivity index (χ1) is 13.6. The van der Waals surface area contributed by atoms with Gasteiger partial charge >= 0.3 is 0 Å². The van der Waals surface area contributed by atoms with Crippen LogP contribution in [0.25, 0.3) is 0 Å². The molecule has 6 aliphatic rings. The smallest absolute Gasteiger partial charge is 0.174 e. The minimum Gasteiger partial charge on any atom is -0.393 e. The van der Waals surface area contributed by atoms with Gasteiger partial charge in [-0.1, -0.05) is 18.6 Å². The van der Waals surface area contributed by atoms with E-state index in [1.165, 1.54) is 43.6 Å². The summed E-state index contributed by atoms with van der Waals surface area (Å²) in [6, 6.07) is 0. The van der Waals surface area contributed by atoms with Crippen LogP contribution in [0.15, 0.2) is 11.6 Å². The number of aliphatic hydroxyl groups excluding tert-OH is 1. The Morgan fingerprint density at radius 2 is 1.89 bits per heavy atom. The summed E-state index contributed by atoms with van der Waals surface area (Å²) in [6.45, 7) is 3.77. The Kier molecular flexibility index (Phi) is 4.53. The fourth-order valence-corrected chi connectivity index (χ4v) is 11.6. The molecule has 0 radical (unpaired) electrons. The molecule has 3 saturated carbocycles. The summed E-state index contributed by atoms with van der Waals surface area (Å²) in [5, 5.41) is 11.5. The second kappa shape index (κ2) is 6.66. The van der Waals surface area contributed by atoms with Crippen LogP contribution in [0.2, 0.25) is 0 Å². The quantitative estimate of drug-likeness (QED) is 0.612. The molecule has 5 unspecified atom stereocenters. The SMILES string of the molecule is CC[C@]12CC(O)C3C4CCC5(C=C4CCC3C1CCC21OCCO1)SCCS5. The van der Waals surface area contributed by atoms with Gasteiger partial charge in [0.05, 0.1) is 23.4 Å². The Morgan fingerprint density at radius 3 is 2.64 bits per heavy atom. The Labute approximate surface area is 177 Å². The van der Waals surface area contributed by atoms with Crippen LogP contribution in [-0.2, 0) is 9.47 Å². The normalized spacial score (nSPS) is 48.4. The highest BCUT2D eigenvalue weighted by atomic mass is 32.2. The molecule has 5 heteroatoms. The third-order valence-corrected chi connectivity index (χ3v) is 12.8. The molecule has 0 aromatic heterocycles. The average molecular weight is 423 g/mol. The van der Waals surface area contributed by atoms with Gasteiger partial charge in [0.15, 0.2) is 5.79 Å². The zero-order valence-electron chi connectivity index (χ0n) is 17.0. The number of fused-ring (bicyclic) bond motifs is 6. The number of aliphatic hydroxyl groups is 1. The molecule has 6 atom stereocenters. The molecular formula is C23H34O3S2. The molecule has 0 aromatic rings. The lowest BCUT2D eigenvalue weighted by atomic mass is 9.49. The van der Waals surface area contributed by atoms with Crippen molar-refractivity contribution in [1.29, 1.82) is 0 Å². The second-order valence-electron chi connectivity index (χ2n) is 10.0. The molecule has 2 heterocycles. The van der Waals surface area contributed by atoms with Crippen LogP contribution in [0.3, 0.4) is 0 Å². The molecule has 156 valence electrons. The van der Waals surface area contributed by atoms with Gasteiger partial charge in [-0.3, -0.25) is 0 Å². The van der Waals surface area contributed by atoms with Crippen molar-refractivity contribution in [3.63, 3.8) is 0 Å². The number of hydrogen-bond donors (Lipinski definition) is 1. The molecule has 1 N–H and O–H groups in total. The summed E-state index contributed by atoms with van der Waals surface area (Å²) >= 11 is 4.35. The maximum Gasteiger partial charge on any atom is 0.174 e. The van der Waals surface area contributed by atoms with Crippen molar-refractivity contribution in [3.05, 3.63) is 11.6 Å². The maximum absolute atomic E-state index is 11.5. The molecule has 3 nitrogen and oxygen atoms in total. The summed E-state index contributed by atoms with van der Waals surface area (Å²) in [5.74, 6) is 4.61. The van der Waals surface area contributed by atoms with Gasteiger partial charge in [-0.15, -0.1) is 23.5 Å². The minimum absolute atomic E-state index is 0.0261. The standard InChI is InChI=1S/C23H34O3S2/c1-2-21-14-19(24)20-16-5-7-22(27-11-12-28-22)13-15(16)3-4-17(20)18(21)6-8-23(21)25-9-10-26-23/h13,16-20,24H,2-12,14H2,1H3/t16?,17?,18?,19?,20?,21-/m0/s1. The molecule has 0 aromatic carbocycles. The van der Waals surface area contributed by atoms with Gasteiger partial charge in [0, 0.05) is 23.3 Å². The van der Waals surface area contributed by atoms with Gasteiger partial charge in [-0.25, -0.2) is 0 Å². The van der Waals surface area contributed by atoms with Crippen molar-refractivity contribution in [1.82, 2.24) is 0 Å². The molecule has 0 bridgehead atoms. The molecule has 2 spiro atoms. The number of rotatable bonds is 1. The highest BCUT2D eigenvalue weighted by molar-refractivity contribution is 8.21. The van der Waals surface area contributed by atoms with E-state index in [0.717, 1.165) is 32.5 Å². The number of hydrogen-bond acceptors (Lipinski definition) is 5. The van der Waals surface area contributed by atoms with E-state index in [4.69, 9.17) is 9.47 Å². The Morgan fingerprint density at radius 1 is 1.11 bits per heavy atom. The van der Waals surface area contributed by atoms with Crippen LogP contribution >= 0.6 is 23.5 Å². The van der Waals surface area contributed by atoms with Crippen molar-refractivity contribution >= 4 is 23.5 Å². The maximum atomic E-state index is 11.5. The van der Waals surface area contributed by atoms with Gasteiger partial charge < -0.3 is 14.6 Å². The fraction of sp³-hybridized carbons (Fsp3) is 0.913. The lowest BCUT2D eigenvalue weighted by molar-refractivity contribution is -0.261. The zero-order valence-corrected chi connectivity index (χ0v) is 18.7. The van der Waals surface area contributed by atoms with Gasteiger partial charge in [0.25, 0.3) is 0 Å². The third kappa shape index (κ3) is 2.43. The molecular weight excluding hydrogens is 388 g/mol. The van der Waals surface area contributed by atoms with Crippen LogP contribution in [0, 0.1) is 29.1 Å². The molecule has 5 fully saturated rings. The monoisotopic (exact) mass is 422 g/mol. The Hall–Kier alpha value is 0.320. The zero-order chi connectivity index (χ0) is 19.0. The second-order valence-corrected chi connectivity index (χ2v) is 13.1. The van der Waals surface area contributed by atoms with Crippen LogP contribution < -0.4 is 0 Å². The van der Waals surface area contributed by atoms with Gasteiger partial charge in [-0.05, 0) is 68.6 Å². The summed E-state index contributed by atoms with van der Waals surface area (Å²) in [5.41, 5.74) is 1.72. The van der Waals surface area contributed by atoms with E-state index in [1.807, 2.05) is 0 Å². The van der Waals surface area contributed by atoms with Crippen molar-refractivity contribution < 1.29 is 14.6 Å². The largest absolute Gasteiger partial charge is 0.393 e. The van der Waals surface area contributed by atoms with Crippen LogP contribution in [0.1, 0.15) is 58.3 Å². The van der Waals surface area contributed by atoms with Crippen LogP contribution in [-0.4, -0.2) is 45.8 Å². The summed E-state index contributed by atoms with van der Waals surface area (Å²) in [4.78, 5) is 0. The average Bonchev–Trinajstić information content (AvgIpc) is 3.43. The van der Waals surface area contributed by atoms with E-state index in [9.17, 15) is 5.11 Å². The number of ether oxygens (including phenoxy) is 2. The lowest BCUT2D eigenvalue weighted by Crippen LogP contribution is -2.59. The van der Waals surface area contributed by atoms with Crippen LogP contribution in [0.5, 0.6) is 0 Å². The first kappa shape index (κ1) is 19.0. The predicted octanol–water partition coefficient (Wildman–Crippen LogP) is 4.84. The molecule has 28 heavy (non-hydrogen) atoms. The van der Waals surface area contributed by atoms with E-state index in [2.05, 4.69) is 36.5 Å². The molecule has 4 aliphatic carbocycles. The molecule has 2 saturated heterocycles. The summed E-state index contributed by atoms with van der Waals surface area (Å²) in [6.07, 6.45) is 11.8. The first-order valence-corrected chi connectivity index (χ1v) is 13.5. The highest BCUT2D eigenvalue weighted by Gasteiger charge is 2.68. The third-order valence-electron chi connectivity index (χ3n) is 9.36. The number of allylic oxidation sites excluding steroid dienone is 1. The summed E-state index contributed by atoms with van der Waals surface area (Å²) in [7, 11) is 0.